The molecule has 0 atom stereocenters. The van der Waals surface area contributed by atoms with Crippen LogP contribution in [0.15, 0.2) is 74.2 Å². The zero-order valence-electron chi connectivity index (χ0n) is 16.0. The van der Waals surface area contributed by atoms with Gasteiger partial charge in [0.2, 0.25) is 5.90 Å². The largest absolute Gasteiger partial charge is 0.486 e. The minimum Gasteiger partial charge on any atom is -0.486 e. The fraction of sp³-hybridized carbons (Fsp3) is 0.0435. The standard InChI is InChI=1S/C23H12Br2Cl3NO3/c24-15-7-12(8-16(25)21(15)31-11-14-3-1-2-4-17(14)26)9-20-23(30)32-22(29-20)13-5-6-18(27)19(28)10-13/h1-10H,11H2/b20-9-. The average molecular weight is 617 g/mol. The van der Waals surface area contributed by atoms with E-state index in [0.29, 0.717) is 41.9 Å². The van der Waals surface area contributed by atoms with E-state index in [2.05, 4.69) is 36.9 Å². The van der Waals surface area contributed by atoms with Crippen LogP contribution in [0.1, 0.15) is 16.7 Å². The molecule has 0 saturated carbocycles. The van der Waals surface area contributed by atoms with E-state index in [4.69, 9.17) is 44.3 Å². The predicted molar refractivity (Wildman–Crippen MR) is 135 cm³/mol. The SMILES string of the molecule is O=C1OC(c2ccc(Cl)c(Cl)c2)=N/C1=C\c1cc(Br)c(OCc2ccccc2Cl)c(Br)c1. The van der Waals surface area contributed by atoms with Crippen molar-refractivity contribution in [2.24, 2.45) is 4.99 Å². The first-order valence-corrected chi connectivity index (χ1v) is 11.9. The third-order valence-corrected chi connectivity index (χ3v) is 6.73. The van der Waals surface area contributed by atoms with Gasteiger partial charge in [0.05, 0.1) is 19.0 Å². The molecule has 4 nitrogen and oxygen atoms in total. The quantitative estimate of drug-likeness (QED) is 0.215. The summed E-state index contributed by atoms with van der Waals surface area (Å²) in [6.07, 6.45) is 1.63. The third-order valence-electron chi connectivity index (χ3n) is 4.44. The van der Waals surface area contributed by atoms with Crippen molar-refractivity contribution in [2.75, 3.05) is 0 Å². The van der Waals surface area contributed by atoms with E-state index in [-0.39, 0.29) is 11.6 Å². The predicted octanol–water partition coefficient (Wildman–Crippen LogP) is 8.10. The van der Waals surface area contributed by atoms with Gasteiger partial charge in [0.1, 0.15) is 12.4 Å². The van der Waals surface area contributed by atoms with Crippen LogP contribution in [0.2, 0.25) is 15.1 Å². The van der Waals surface area contributed by atoms with Crippen LogP contribution >= 0.6 is 66.7 Å². The molecule has 0 N–H and O–H groups in total. The summed E-state index contributed by atoms with van der Waals surface area (Å²) >= 11 is 25.2. The smallest absolute Gasteiger partial charge is 0.363 e. The molecule has 0 bridgehead atoms. The first-order valence-electron chi connectivity index (χ1n) is 9.15. The number of carbonyl (C=O) groups is 1. The summed E-state index contributed by atoms with van der Waals surface area (Å²) in [6, 6.07) is 16.0. The lowest BCUT2D eigenvalue weighted by Crippen LogP contribution is -2.05. The highest BCUT2D eigenvalue weighted by Gasteiger charge is 2.25. The van der Waals surface area contributed by atoms with Crippen molar-refractivity contribution >= 4 is 84.6 Å². The van der Waals surface area contributed by atoms with Crippen LogP contribution in [-0.2, 0) is 16.1 Å². The third kappa shape index (κ3) is 5.21. The second-order valence-electron chi connectivity index (χ2n) is 6.66. The molecule has 0 unspecified atom stereocenters. The molecule has 0 aliphatic carbocycles. The van der Waals surface area contributed by atoms with E-state index >= 15 is 0 Å². The van der Waals surface area contributed by atoms with Gasteiger partial charge in [-0.1, -0.05) is 53.0 Å². The summed E-state index contributed by atoms with van der Waals surface area (Å²) in [5, 5.41) is 1.39. The van der Waals surface area contributed by atoms with Crippen molar-refractivity contribution in [1.29, 1.82) is 0 Å². The maximum Gasteiger partial charge on any atom is 0.363 e. The lowest BCUT2D eigenvalue weighted by molar-refractivity contribution is -0.129. The molecule has 9 heteroatoms. The van der Waals surface area contributed by atoms with Gasteiger partial charge in [-0.05, 0) is 79.9 Å². The van der Waals surface area contributed by atoms with Gasteiger partial charge >= 0.3 is 5.97 Å². The number of rotatable bonds is 5. The van der Waals surface area contributed by atoms with Gasteiger partial charge < -0.3 is 9.47 Å². The minimum absolute atomic E-state index is 0.162. The lowest BCUT2D eigenvalue weighted by atomic mass is 10.2. The van der Waals surface area contributed by atoms with E-state index in [9.17, 15) is 4.79 Å². The zero-order chi connectivity index (χ0) is 22.8. The van der Waals surface area contributed by atoms with Crippen molar-refractivity contribution in [3.8, 4) is 5.75 Å². The van der Waals surface area contributed by atoms with Crippen LogP contribution in [-0.4, -0.2) is 11.9 Å². The second kappa shape index (κ2) is 9.98. The molecule has 0 amide bonds. The Labute approximate surface area is 216 Å². The maximum atomic E-state index is 12.3. The molecule has 0 radical (unpaired) electrons. The van der Waals surface area contributed by atoms with Crippen molar-refractivity contribution in [1.82, 2.24) is 0 Å². The number of aliphatic imine (C=N–C) groups is 1. The van der Waals surface area contributed by atoms with E-state index in [1.165, 1.54) is 0 Å². The number of hydrogen-bond acceptors (Lipinski definition) is 4. The summed E-state index contributed by atoms with van der Waals surface area (Å²) in [5.74, 6) is 0.219. The molecule has 4 rings (SSSR count). The van der Waals surface area contributed by atoms with Gasteiger partial charge in [0.25, 0.3) is 0 Å². The van der Waals surface area contributed by atoms with Gasteiger partial charge in [-0.15, -0.1) is 0 Å². The summed E-state index contributed by atoms with van der Waals surface area (Å²) < 4.78 is 12.6. The van der Waals surface area contributed by atoms with E-state index in [0.717, 1.165) is 11.1 Å². The molecule has 0 spiro atoms. The van der Waals surface area contributed by atoms with Crippen LogP contribution in [0.3, 0.4) is 0 Å². The summed E-state index contributed by atoms with van der Waals surface area (Å²) in [6.45, 7) is 0.306. The number of ether oxygens (including phenoxy) is 2. The molecular weight excluding hydrogens is 604 g/mol. The molecule has 1 aliphatic heterocycles. The van der Waals surface area contributed by atoms with E-state index < -0.39 is 5.97 Å². The first kappa shape index (κ1) is 23.3. The summed E-state index contributed by atoms with van der Waals surface area (Å²) in [4.78, 5) is 16.6. The Morgan fingerprint density at radius 3 is 2.34 bits per heavy atom. The van der Waals surface area contributed by atoms with Crippen molar-refractivity contribution in [3.63, 3.8) is 0 Å². The summed E-state index contributed by atoms with van der Waals surface area (Å²) in [5.41, 5.74) is 2.31. The number of cyclic esters (lactones) is 1. The molecule has 3 aromatic carbocycles. The number of nitrogens with zero attached hydrogens (tertiary/aromatic N) is 1. The molecule has 0 aromatic heterocycles. The maximum absolute atomic E-state index is 12.3. The minimum atomic E-state index is -0.558. The summed E-state index contributed by atoms with van der Waals surface area (Å²) in [7, 11) is 0. The Kier molecular flexibility index (Phi) is 7.27. The molecule has 1 aliphatic rings. The van der Waals surface area contributed by atoms with E-state index in [1.54, 1.807) is 24.3 Å². The molecular formula is C23H12Br2Cl3NO3. The van der Waals surface area contributed by atoms with Crippen LogP contribution in [0.5, 0.6) is 5.75 Å². The highest BCUT2D eigenvalue weighted by molar-refractivity contribution is 9.11. The Morgan fingerprint density at radius 1 is 0.938 bits per heavy atom. The average Bonchev–Trinajstić information content (AvgIpc) is 3.11. The topological polar surface area (TPSA) is 47.9 Å². The second-order valence-corrected chi connectivity index (χ2v) is 9.59. The first-order chi connectivity index (χ1) is 15.3. The normalized spacial score (nSPS) is 14.5. The number of hydrogen-bond donors (Lipinski definition) is 0. The van der Waals surface area contributed by atoms with Crippen LogP contribution < -0.4 is 4.74 Å². The monoisotopic (exact) mass is 613 g/mol. The molecule has 3 aromatic rings. The number of carbonyl (C=O) groups excluding carboxylic acids is 1. The fourth-order valence-corrected chi connectivity index (χ4v) is 4.82. The number of halogens is 5. The van der Waals surface area contributed by atoms with Gasteiger partial charge in [-0.3, -0.25) is 0 Å². The Hall–Kier alpha value is -1.83. The Bertz CT molecular complexity index is 1270. The van der Waals surface area contributed by atoms with E-state index in [1.807, 2.05) is 36.4 Å². The van der Waals surface area contributed by atoms with Gasteiger partial charge in [0, 0.05) is 16.1 Å². The highest BCUT2D eigenvalue weighted by Crippen LogP contribution is 2.36. The van der Waals surface area contributed by atoms with Crippen LogP contribution in [0.25, 0.3) is 6.08 Å². The van der Waals surface area contributed by atoms with Crippen molar-refractivity contribution < 1.29 is 14.3 Å². The van der Waals surface area contributed by atoms with Gasteiger partial charge in [-0.2, -0.15) is 0 Å². The molecule has 32 heavy (non-hydrogen) atoms. The van der Waals surface area contributed by atoms with Gasteiger partial charge in [0.15, 0.2) is 5.70 Å². The highest BCUT2D eigenvalue weighted by atomic mass is 79.9. The Balaban J connectivity index is 1.57. The molecule has 162 valence electrons. The van der Waals surface area contributed by atoms with Crippen LogP contribution in [0.4, 0.5) is 0 Å². The van der Waals surface area contributed by atoms with Gasteiger partial charge in [-0.25, -0.2) is 9.79 Å². The lowest BCUT2D eigenvalue weighted by Gasteiger charge is -2.12. The van der Waals surface area contributed by atoms with Crippen molar-refractivity contribution in [3.05, 3.63) is 101 Å². The fourth-order valence-electron chi connectivity index (χ4n) is 2.89. The number of esters is 1. The zero-order valence-corrected chi connectivity index (χ0v) is 21.5. The van der Waals surface area contributed by atoms with Crippen LogP contribution in [0, 0.1) is 0 Å². The molecule has 1 heterocycles. The van der Waals surface area contributed by atoms with Crippen molar-refractivity contribution in [2.45, 2.75) is 6.61 Å². The molecule has 0 fully saturated rings. The molecule has 0 saturated heterocycles. The Morgan fingerprint density at radius 2 is 1.66 bits per heavy atom. The number of benzene rings is 3.